The smallest absolute Gasteiger partial charge is 0.328 e. The molecule has 22 heavy (non-hydrogen) atoms. The van der Waals surface area contributed by atoms with Gasteiger partial charge in [-0.25, -0.2) is 4.79 Å². The Balaban J connectivity index is 2.73. The van der Waals surface area contributed by atoms with Gasteiger partial charge < -0.3 is 10.1 Å². The van der Waals surface area contributed by atoms with Crippen molar-refractivity contribution in [2.24, 2.45) is 5.92 Å². The molecule has 120 valence electrons. The highest BCUT2D eigenvalue weighted by Crippen LogP contribution is 2.16. The van der Waals surface area contributed by atoms with Gasteiger partial charge in [0.25, 0.3) is 0 Å². The molecule has 0 saturated carbocycles. The van der Waals surface area contributed by atoms with E-state index in [4.69, 9.17) is 0 Å². The summed E-state index contributed by atoms with van der Waals surface area (Å²) in [5.74, 6) is -0.755. The zero-order valence-electron chi connectivity index (χ0n) is 13.0. The molecule has 0 bridgehead atoms. The second-order valence-electron chi connectivity index (χ2n) is 4.94. The molecule has 0 spiro atoms. The van der Waals surface area contributed by atoms with E-state index in [9.17, 15) is 14.4 Å². The van der Waals surface area contributed by atoms with Gasteiger partial charge in [0, 0.05) is 12.7 Å². The van der Waals surface area contributed by atoms with E-state index in [1.165, 1.54) is 14.0 Å². The molecule has 1 aromatic rings. The minimum atomic E-state index is -0.710. The van der Waals surface area contributed by atoms with Gasteiger partial charge in [-0.2, -0.15) is 0 Å². The highest BCUT2D eigenvalue weighted by atomic mass is 32.2. The second kappa shape index (κ2) is 9.25. The number of thioether (sulfide) groups is 1. The third-order valence-electron chi connectivity index (χ3n) is 3.10. The Labute approximate surface area is 134 Å². The first-order valence-corrected chi connectivity index (χ1v) is 7.98. The van der Waals surface area contributed by atoms with Crippen LogP contribution in [0.25, 0.3) is 0 Å². The fraction of sp³-hybridized carbons (Fsp3) is 0.438. The van der Waals surface area contributed by atoms with Gasteiger partial charge in [0.1, 0.15) is 6.04 Å². The standard InChI is InChI=1S/C16H21NO4S/c1-11(16(20)21-3)17-15(19)14(10-22-12(2)18)9-13-7-5-4-6-8-13/h4-8,11,14H,9-10H2,1-3H3,(H,17,19). The van der Waals surface area contributed by atoms with E-state index < -0.39 is 12.0 Å². The molecule has 0 radical (unpaired) electrons. The first-order valence-electron chi connectivity index (χ1n) is 6.99. The van der Waals surface area contributed by atoms with Crippen molar-refractivity contribution < 1.29 is 19.1 Å². The predicted octanol–water partition coefficient (Wildman–Crippen LogP) is 1.80. The maximum absolute atomic E-state index is 12.3. The number of hydrogen-bond donors (Lipinski definition) is 1. The van der Waals surface area contributed by atoms with Crippen LogP contribution in [-0.4, -0.2) is 35.9 Å². The number of ether oxygens (including phenoxy) is 1. The Morgan fingerprint density at radius 1 is 1.23 bits per heavy atom. The lowest BCUT2D eigenvalue weighted by atomic mass is 10.00. The van der Waals surface area contributed by atoms with Crippen LogP contribution in [0.2, 0.25) is 0 Å². The molecule has 6 heteroatoms. The molecule has 1 N–H and O–H groups in total. The lowest BCUT2D eigenvalue weighted by Gasteiger charge is -2.18. The molecule has 0 aliphatic carbocycles. The average Bonchev–Trinajstić information content (AvgIpc) is 2.51. The number of methoxy groups -OCH3 is 1. The number of carbonyl (C=O) groups is 3. The van der Waals surface area contributed by atoms with Crippen molar-refractivity contribution in [2.75, 3.05) is 12.9 Å². The van der Waals surface area contributed by atoms with Crippen LogP contribution in [-0.2, 0) is 25.5 Å². The third-order valence-corrected chi connectivity index (χ3v) is 4.07. The highest BCUT2D eigenvalue weighted by Gasteiger charge is 2.24. The van der Waals surface area contributed by atoms with Gasteiger partial charge in [-0.3, -0.25) is 9.59 Å². The lowest BCUT2D eigenvalue weighted by molar-refractivity contribution is -0.144. The van der Waals surface area contributed by atoms with Crippen molar-refractivity contribution in [3.05, 3.63) is 35.9 Å². The highest BCUT2D eigenvalue weighted by molar-refractivity contribution is 8.13. The minimum Gasteiger partial charge on any atom is -0.467 e. The zero-order valence-corrected chi connectivity index (χ0v) is 13.8. The first-order chi connectivity index (χ1) is 10.4. The van der Waals surface area contributed by atoms with Gasteiger partial charge in [0.2, 0.25) is 5.91 Å². The summed E-state index contributed by atoms with van der Waals surface area (Å²) in [6, 6.07) is 8.87. The molecule has 0 heterocycles. The van der Waals surface area contributed by atoms with Crippen LogP contribution in [0.5, 0.6) is 0 Å². The summed E-state index contributed by atoms with van der Waals surface area (Å²) in [5, 5.41) is 2.60. The number of carbonyl (C=O) groups excluding carboxylic acids is 3. The van der Waals surface area contributed by atoms with Gasteiger partial charge in [-0.05, 0) is 18.9 Å². The van der Waals surface area contributed by atoms with Gasteiger partial charge in [-0.15, -0.1) is 0 Å². The normalized spacial score (nSPS) is 13.0. The zero-order chi connectivity index (χ0) is 16.5. The van der Waals surface area contributed by atoms with E-state index in [-0.39, 0.29) is 16.9 Å². The summed E-state index contributed by atoms with van der Waals surface area (Å²) in [5.41, 5.74) is 1.01. The number of nitrogens with one attached hydrogen (secondary N) is 1. The Morgan fingerprint density at radius 3 is 2.41 bits per heavy atom. The van der Waals surface area contributed by atoms with Crippen molar-refractivity contribution in [2.45, 2.75) is 26.3 Å². The number of esters is 1. The van der Waals surface area contributed by atoms with Crippen LogP contribution in [0.3, 0.4) is 0 Å². The van der Waals surface area contributed by atoms with E-state index >= 15 is 0 Å². The second-order valence-corrected chi connectivity index (χ2v) is 6.14. The van der Waals surface area contributed by atoms with Crippen LogP contribution in [0, 0.1) is 5.92 Å². The molecular formula is C16H21NO4S. The molecule has 5 nitrogen and oxygen atoms in total. The maximum atomic E-state index is 12.3. The third kappa shape index (κ3) is 6.30. The van der Waals surface area contributed by atoms with Crippen LogP contribution in [0.1, 0.15) is 19.4 Å². The lowest BCUT2D eigenvalue weighted by Crippen LogP contribution is -2.43. The van der Waals surface area contributed by atoms with E-state index in [1.54, 1.807) is 6.92 Å². The molecule has 0 aliphatic heterocycles. The largest absolute Gasteiger partial charge is 0.467 e. The Morgan fingerprint density at radius 2 is 1.86 bits per heavy atom. The van der Waals surface area contributed by atoms with Crippen molar-refractivity contribution in [3.8, 4) is 0 Å². The van der Waals surface area contributed by atoms with Gasteiger partial charge in [0.05, 0.1) is 13.0 Å². The molecule has 1 amide bonds. The summed E-state index contributed by atoms with van der Waals surface area (Å²) in [7, 11) is 1.28. The van der Waals surface area contributed by atoms with Crippen molar-refractivity contribution in [3.63, 3.8) is 0 Å². The van der Waals surface area contributed by atoms with Crippen molar-refractivity contribution in [1.82, 2.24) is 5.32 Å². The molecule has 0 fully saturated rings. The van der Waals surface area contributed by atoms with Crippen LogP contribution in [0.15, 0.2) is 30.3 Å². The average molecular weight is 323 g/mol. The number of hydrogen-bond acceptors (Lipinski definition) is 5. The fourth-order valence-electron chi connectivity index (χ4n) is 1.91. The molecule has 1 aromatic carbocycles. The van der Waals surface area contributed by atoms with Crippen molar-refractivity contribution >= 4 is 28.8 Å². The van der Waals surface area contributed by atoms with Gasteiger partial charge >= 0.3 is 5.97 Å². The monoisotopic (exact) mass is 323 g/mol. The van der Waals surface area contributed by atoms with Gasteiger partial charge in [0.15, 0.2) is 5.12 Å². The van der Waals surface area contributed by atoms with Crippen LogP contribution < -0.4 is 5.32 Å². The van der Waals surface area contributed by atoms with Crippen molar-refractivity contribution in [1.29, 1.82) is 0 Å². The molecule has 2 atom stereocenters. The molecule has 0 aromatic heterocycles. The summed E-state index contributed by atoms with van der Waals surface area (Å²) in [6.07, 6.45) is 0.515. The van der Waals surface area contributed by atoms with Crippen LogP contribution in [0.4, 0.5) is 0 Å². The summed E-state index contributed by atoms with van der Waals surface area (Å²) >= 11 is 1.11. The Bertz CT molecular complexity index is 518. The fourth-order valence-corrected chi connectivity index (χ4v) is 2.62. The Hall–Kier alpha value is -1.82. The topological polar surface area (TPSA) is 72.5 Å². The molecule has 2 unspecified atom stereocenters. The molecule has 0 saturated heterocycles. The Kier molecular flexibility index (Phi) is 7.66. The van der Waals surface area contributed by atoms with E-state index in [0.717, 1.165) is 17.3 Å². The minimum absolute atomic E-state index is 0.0353. The van der Waals surface area contributed by atoms with E-state index in [1.807, 2.05) is 30.3 Å². The number of rotatable bonds is 7. The van der Waals surface area contributed by atoms with E-state index in [2.05, 4.69) is 10.1 Å². The van der Waals surface area contributed by atoms with Gasteiger partial charge in [-0.1, -0.05) is 42.1 Å². The van der Waals surface area contributed by atoms with Crippen LogP contribution >= 0.6 is 11.8 Å². The number of benzene rings is 1. The summed E-state index contributed by atoms with van der Waals surface area (Å²) in [6.45, 7) is 3.04. The summed E-state index contributed by atoms with van der Waals surface area (Å²) in [4.78, 5) is 34.9. The summed E-state index contributed by atoms with van der Waals surface area (Å²) < 4.78 is 4.60. The molecular weight excluding hydrogens is 302 g/mol. The predicted molar refractivity (Wildman–Crippen MR) is 86.4 cm³/mol. The van der Waals surface area contributed by atoms with E-state index in [0.29, 0.717) is 12.2 Å². The molecule has 0 aliphatic rings. The maximum Gasteiger partial charge on any atom is 0.328 e. The quantitative estimate of drug-likeness (QED) is 0.775. The number of amides is 1. The molecule has 1 rings (SSSR count). The first kappa shape index (κ1) is 18.2. The SMILES string of the molecule is COC(=O)C(C)NC(=O)C(CSC(C)=O)Cc1ccccc1.